The Hall–Kier alpha value is -4.61. The first kappa shape index (κ1) is 27.4. The molecule has 4 rings (SSSR count). The molecule has 2 aromatic carbocycles. The number of hydrogen-bond donors (Lipinski definition) is 1. The van der Waals surface area contributed by atoms with Gasteiger partial charge in [0.15, 0.2) is 11.5 Å². The third kappa shape index (κ3) is 5.95. The summed E-state index contributed by atoms with van der Waals surface area (Å²) in [5.41, 5.74) is 0.939. The lowest BCUT2D eigenvalue weighted by Crippen LogP contribution is -2.38. The lowest BCUT2D eigenvalue weighted by Gasteiger charge is -2.32. The van der Waals surface area contributed by atoms with E-state index in [0.29, 0.717) is 55.4 Å². The third-order valence-corrected chi connectivity index (χ3v) is 6.72. The number of nitro benzene ring substituents is 1. The predicted molar refractivity (Wildman–Crippen MR) is 143 cm³/mol. The quantitative estimate of drug-likeness (QED) is 0.321. The number of anilines is 1. The van der Waals surface area contributed by atoms with Crippen molar-refractivity contribution in [2.75, 3.05) is 39.7 Å². The summed E-state index contributed by atoms with van der Waals surface area (Å²) in [4.78, 5) is 41.9. The molecule has 1 aliphatic heterocycles. The number of methoxy groups -OCH3 is 3. The highest BCUT2D eigenvalue weighted by Gasteiger charge is 2.30. The number of nitro groups is 1. The molecule has 1 saturated heterocycles. The van der Waals surface area contributed by atoms with Gasteiger partial charge in [-0.25, -0.2) is 4.98 Å². The summed E-state index contributed by atoms with van der Waals surface area (Å²) < 4.78 is 18.4. The standard InChI is InChI=1S/C27H31N5O7/c1-17(33)29-20-5-6-22(32(35)36)21(15-20)27(34)30-10-7-19(8-11-30)26-28-9-12-31(26)16-18-13-23(37-2)25(39-4)24(14-18)38-3/h5-6,9,12-15,19H,7-8,10-11,16H2,1-4H3,(H,29,33). The van der Waals surface area contributed by atoms with Gasteiger partial charge in [0.25, 0.3) is 11.6 Å². The van der Waals surface area contributed by atoms with Gasteiger partial charge in [-0.15, -0.1) is 0 Å². The van der Waals surface area contributed by atoms with Gasteiger partial charge in [-0.2, -0.15) is 0 Å². The van der Waals surface area contributed by atoms with Crippen molar-refractivity contribution in [2.24, 2.45) is 0 Å². The van der Waals surface area contributed by atoms with Crippen molar-refractivity contribution in [2.45, 2.75) is 32.2 Å². The normalized spacial score (nSPS) is 13.6. The van der Waals surface area contributed by atoms with E-state index in [-0.39, 0.29) is 23.1 Å². The summed E-state index contributed by atoms with van der Waals surface area (Å²) in [5, 5.41) is 14.1. The predicted octanol–water partition coefficient (Wildman–Crippen LogP) is 3.84. The first-order valence-electron chi connectivity index (χ1n) is 12.4. The number of likely N-dealkylation sites (tertiary alicyclic amines) is 1. The van der Waals surface area contributed by atoms with E-state index >= 15 is 0 Å². The number of benzene rings is 2. The summed E-state index contributed by atoms with van der Waals surface area (Å²) in [6.07, 6.45) is 4.96. The van der Waals surface area contributed by atoms with Gasteiger partial charge in [0.1, 0.15) is 11.4 Å². The van der Waals surface area contributed by atoms with Crippen molar-refractivity contribution in [3.63, 3.8) is 0 Å². The monoisotopic (exact) mass is 537 g/mol. The highest BCUT2D eigenvalue weighted by Crippen LogP contribution is 2.39. The van der Waals surface area contributed by atoms with Crippen molar-refractivity contribution in [1.29, 1.82) is 0 Å². The van der Waals surface area contributed by atoms with Gasteiger partial charge in [-0.05, 0) is 42.7 Å². The van der Waals surface area contributed by atoms with Crippen LogP contribution in [0, 0.1) is 10.1 Å². The third-order valence-electron chi connectivity index (χ3n) is 6.72. The average molecular weight is 538 g/mol. The topological polar surface area (TPSA) is 138 Å². The Bertz CT molecular complexity index is 1350. The summed E-state index contributed by atoms with van der Waals surface area (Å²) in [6, 6.07) is 7.81. The molecule has 0 bridgehead atoms. The number of piperidine rings is 1. The highest BCUT2D eigenvalue weighted by molar-refractivity contribution is 6.00. The van der Waals surface area contributed by atoms with Crippen molar-refractivity contribution in [1.82, 2.24) is 14.5 Å². The number of amides is 2. The number of aromatic nitrogens is 2. The Morgan fingerprint density at radius 2 is 1.74 bits per heavy atom. The van der Waals surface area contributed by atoms with Crippen LogP contribution in [-0.4, -0.2) is 65.6 Å². The van der Waals surface area contributed by atoms with Crippen molar-refractivity contribution in [3.8, 4) is 17.2 Å². The summed E-state index contributed by atoms with van der Waals surface area (Å²) >= 11 is 0. The molecule has 2 heterocycles. The molecule has 0 aliphatic carbocycles. The lowest BCUT2D eigenvalue weighted by atomic mass is 9.95. The molecule has 39 heavy (non-hydrogen) atoms. The number of carbonyl (C=O) groups is 2. The van der Waals surface area contributed by atoms with Gasteiger partial charge in [0.2, 0.25) is 11.7 Å². The smallest absolute Gasteiger partial charge is 0.282 e. The van der Waals surface area contributed by atoms with Gasteiger partial charge >= 0.3 is 0 Å². The van der Waals surface area contributed by atoms with Gasteiger partial charge in [0, 0.05) is 56.6 Å². The van der Waals surface area contributed by atoms with Crippen molar-refractivity contribution >= 4 is 23.2 Å². The minimum Gasteiger partial charge on any atom is -0.493 e. The number of hydrogen-bond acceptors (Lipinski definition) is 8. The van der Waals surface area contributed by atoms with E-state index in [1.165, 1.54) is 25.1 Å². The number of nitrogens with one attached hydrogen (secondary N) is 1. The molecular weight excluding hydrogens is 506 g/mol. The fourth-order valence-electron chi connectivity index (χ4n) is 4.90. The number of rotatable bonds is 9. The molecule has 2 amide bonds. The van der Waals surface area contributed by atoms with E-state index in [4.69, 9.17) is 14.2 Å². The molecule has 206 valence electrons. The molecule has 0 radical (unpaired) electrons. The molecular formula is C27H31N5O7. The molecule has 0 saturated carbocycles. The molecule has 1 N–H and O–H groups in total. The Balaban J connectivity index is 1.49. The second-order valence-corrected chi connectivity index (χ2v) is 9.18. The zero-order chi connectivity index (χ0) is 28.1. The summed E-state index contributed by atoms with van der Waals surface area (Å²) in [6.45, 7) is 2.71. The van der Waals surface area contributed by atoms with Crippen LogP contribution in [0.5, 0.6) is 17.2 Å². The SMILES string of the molecule is COc1cc(Cn2ccnc2C2CCN(C(=O)c3cc(NC(C)=O)ccc3[N+](=O)[O-])CC2)cc(OC)c1OC. The number of carbonyl (C=O) groups excluding carboxylic acids is 2. The minimum atomic E-state index is -0.586. The molecule has 0 unspecified atom stereocenters. The van der Waals surface area contributed by atoms with Gasteiger partial charge in [-0.3, -0.25) is 19.7 Å². The van der Waals surface area contributed by atoms with Crippen molar-refractivity contribution in [3.05, 3.63) is 69.8 Å². The molecule has 3 aromatic rings. The van der Waals surface area contributed by atoms with Gasteiger partial charge in [0.05, 0.1) is 26.3 Å². The van der Waals surface area contributed by atoms with Crippen LogP contribution in [0.3, 0.4) is 0 Å². The van der Waals surface area contributed by atoms with Crippen LogP contribution in [-0.2, 0) is 11.3 Å². The summed E-state index contributed by atoms with van der Waals surface area (Å²) in [5.74, 6) is 1.89. The average Bonchev–Trinajstić information content (AvgIpc) is 3.39. The lowest BCUT2D eigenvalue weighted by molar-refractivity contribution is -0.385. The fraction of sp³-hybridized carbons (Fsp3) is 0.370. The van der Waals surface area contributed by atoms with Crippen LogP contribution in [0.2, 0.25) is 0 Å². The first-order chi connectivity index (χ1) is 18.7. The van der Waals surface area contributed by atoms with E-state index < -0.39 is 10.8 Å². The molecule has 0 atom stereocenters. The van der Waals surface area contributed by atoms with Gasteiger partial charge < -0.3 is 29.0 Å². The molecule has 12 heteroatoms. The Kier molecular flexibility index (Phi) is 8.33. The first-order valence-corrected chi connectivity index (χ1v) is 12.4. The van der Waals surface area contributed by atoms with E-state index in [1.807, 2.05) is 18.3 Å². The molecule has 1 fully saturated rings. The van der Waals surface area contributed by atoms with E-state index in [0.717, 1.165) is 11.4 Å². The van der Waals surface area contributed by atoms with Gasteiger partial charge in [-0.1, -0.05) is 0 Å². The zero-order valence-electron chi connectivity index (χ0n) is 22.3. The minimum absolute atomic E-state index is 0.0476. The Labute approximate surface area is 225 Å². The van der Waals surface area contributed by atoms with E-state index in [1.54, 1.807) is 32.4 Å². The highest BCUT2D eigenvalue weighted by atomic mass is 16.6. The zero-order valence-corrected chi connectivity index (χ0v) is 22.3. The van der Waals surface area contributed by atoms with Crippen LogP contribution in [0.4, 0.5) is 11.4 Å². The number of imidazole rings is 1. The summed E-state index contributed by atoms with van der Waals surface area (Å²) in [7, 11) is 4.70. The Morgan fingerprint density at radius 1 is 1.08 bits per heavy atom. The second-order valence-electron chi connectivity index (χ2n) is 9.18. The fourth-order valence-corrected chi connectivity index (χ4v) is 4.90. The molecule has 1 aromatic heterocycles. The molecule has 0 spiro atoms. The second kappa shape index (κ2) is 11.8. The maximum atomic E-state index is 13.3. The maximum Gasteiger partial charge on any atom is 0.282 e. The van der Waals surface area contributed by atoms with Crippen LogP contribution in [0.1, 0.15) is 47.4 Å². The van der Waals surface area contributed by atoms with Crippen LogP contribution < -0.4 is 19.5 Å². The molecule has 12 nitrogen and oxygen atoms in total. The van der Waals surface area contributed by atoms with Crippen molar-refractivity contribution < 1.29 is 28.7 Å². The van der Waals surface area contributed by atoms with Crippen LogP contribution >= 0.6 is 0 Å². The van der Waals surface area contributed by atoms with E-state index in [2.05, 4.69) is 14.9 Å². The largest absolute Gasteiger partial charge is 0.493 e. The Morgan fingerprint density at radius 3 is 2.31 bits per heavy atom. The van der Waals surface area contributed by atoms with E-state index in [9.17, 15) is 19.7 Å². The number of nitrogens with zero attached hydrogens (tertiary/aromatic N) is 4. The maximum absolute atomic E-state index is 13.3. The van der Waals surface area contributed by atoms with Crippen LogP contribution in [0.15, 0.2) is 42.7 Å². The van der Waals surface area contributed by atoms with Crippen LogP contribution in [0.25, 0.3) is 0 Å². The number of ether oxygens (including phenoxy) is 3. The molecule has 1 aliphatic rings.